The van der Waals surface area contributed by atoms with E-state index in [2.05, 4.69) is 5.32 Å². The molecule has 0 heterocycles. The van der Waals surface area contributed by atoms with Crippen molar-refractivity contribution in [2.75, 3.05) is 6.61 Å². The topological polar surface area (TPSA) is 49.3 Å². The lowest BCUT2D eigenvalue weighted by atomic mass is 10.0. The predicted octanol–water partition coefficient (Wildman–Crippen LogP) is 2.88. The molecule has 0 fully saturated rings. The minimum Gasteiger partial charge on any atom is -0.396 e. The van der Waals surface area contributed by atoms with Crippen molar-refractivity contribution in [3.63, 3.8) is 0 Å². The number of carbonyl (C=O) groups is 1. The quantitative estimate of drug-likeness (QED) is 0.888. The lowest BCUT2D eigenvalue weighted by molar-refractivity contribution is 0.0899. The van der Waals surface area contributed by atoms with E-state index in [0.29, 0.717) is 22.0 Å². The lowest BCUT2D eigenvalue weighted by Gasteiger charge is -2.25. The number of halogens is 2. The standard InChI is InChI=1S/C12H15Cl2NO2/c1-12(2,5-6-16)15-11(17)9-7-8(13)3-4-10(9)14/h3-4,7,16H,5-6H2,1-2H3,(H,15,17). The number of amides is 1. The monoisotopic (exact) mass is 275 g/mol. The Hall–Kier alpha value is -0.770. The maximum atomic E-state index is 12.0. The second-order valence-electron chi connectivity index (χ2n) is 4.44. The summed E-state index contributed by atoms with van der Waals surface area (Å²) in [7, 11) is 0. The normalized spacial score (nSPS) is 11.4. The third kappa shape index (κ3) is 4.19. The molecule has 0 aliphatic heterocycles. The van der Waals surface area contributed by atoms with Crippen LogP contribution in [-0.2, 0) is 0 Å². The molecule has 2 N–H and O–H groups in total. The first-order chi connectivity index (χ1) is 7.85. The van der Waals surface area contributed by atoms with Gasteiger partial charge in [0.1, 0.15) is 0 Å². The second-order valence-corrected chi connectivity index (χ2v) is 5.28. The fourth-order valence-corrected chi connectivity index (χ4v) is 1.76. The molecule has 0 spiro atoms. The molecule has 0 aliphatic rings. The molecule has 0 aliphatic carbocycles. The van der Waals surface area contributed by atoms with E-state index in [-0.39, 0.29) is 12.5 Å². The van der Waals surface area contributed by atoms with E-state index >= 15 is 0 Å². The first kappa shape index (κ1) is 14.3. The van der Waals surface area contributed by atoms with Crippen LogP contribution in [0.4, 0.5) is 0 Å². The highest BCUT2D eigenvalue weighted by Gasteiger charge is 2.21. The van der Waals surface area contributed by atoms with Gasteiger partial charge in [0.05, 0.1) is 10.6 Å². The molecule has 0 aromatic heterocycles. The number of nitrogens with one attached hydrogen (secondary N) is 1. The number of hydrogen-bond acceptors (Lipinski definition) is 2. The molecule has 0 saturated heterocycles. The van der Waals surface area contributed by atoms with Gasteiger partial charge in [0.25, 0.3) is 5.91 Å². The second kappa shape index (κ2) is 5.71. The van der Waals surface area contributed by atoms with Crippen molar-refractivity contribution in [2.45, 2.75) is 25.8 Å². The van der Waals surface area contributed by atoms with E-state index < -0.39 is 5.54 Å². The Balaban J connectivity index is 2.86. The number of benzene rings is 1. The summed E-state index contributed by atoms with van der Waals surface area (Å²) in [6, 6.07) is 4.73. The van der Waals surface area contributed by atoms with E-state index in [1.165, 1.54) is 6.07 Å². The molecule has 1 aromatic rings. The fourth-order valence-electron chi connectivity index (χ4n) is 1.39. The molecule has 0 atom stereocenters. The van der Waals surface area contributed by atoms with Crippen LogP contribution in [0, 0.1) is 0 Å². The van der Waals surface area contributed by atoms with Crippen LogP contribution in [0.1, 0.15) is 30.6 Å². The van der Waals surface area contributed by atoms with Gasteiger partial charge in [-0.1, -0.05) is 23.2 Å². The Morgan fingerprint density at radius 2 is 2.06 bits per heavy atom. The van der Waals surface area contributed by atoms with Crippen LogP contribution in [0.5, 0.6) is 0 Å². The van der Waals surface area contributed by atoms with Crippen molar-refractivity contribution in [1.29, 1.82) is 0 Å². The third-order valence-corrected chi connectivity index (χ3v) is 2.93. The van der Waals surface area contributed by atoms with Crippen LogP contribution in [0.2, 0.25) is 10.0 Å². The molecule has 0 radical (unpaired) electrons. The smallest absolute Gasteiger partial charge is 0.253 e. The molecular formula is C12H15Cl2NO2. The van der Waals surface area contributed by atoms with Gasteiger partial charge < -0.3 is 10.4 Å². The molecule has 1 rings (SSSR count). The molecule has 94 valence electrons. The number of hydrogen-bond donors (Lipinski definition) is 2. The van der Waals surface area contributed by atoms with Crippen molar-refractivity contribution in [1.82, 2.24) is 5.32 Å². The zero-order valence-corrected chi connectivity index (χ0v) is 11.3. The third-order valence-electron chi connectivity index (χ3n) is 2.36. The molecule has 0 saturated carbocycles. The van der Waals surface area contributed by atoms with Crippen molar-refractivity contribution in [2.24, 2.45) is 0 Å². The first-order valence-corrected chi connectivity index (χ1v) is 6.00. The summed E-state index contributed by atoms with van der Waals surface area (Å²) in [4.78, 5) is 12.0. The number of carbonyl (C=O) groups excluding carboxylic acids is 1. The minimum atomic E-state index is -0.489. The molecule has 3 nitrogen and oxygen atoms in total. The maximum absolute atomic E-state index is 12.0. The van der Waals surface area contributed by atoms with Gasteiger partial charge in [-0.05, 0) is 38.5 Å². The van der Waals surface area contributed by atoms with Crippen LogP contribution in [0.3, 0.4) is 0 Å². The van der Waals surface area contributed by atoms with Crippen molar-refractivity contribution < 1.29 is 9.90 Å². The minimum absolute atomic E-state index is 0.0105. The summed E-state index contributed by atoms with van der Waals surface area (Å²) < 4.78 is 0. The van der Waals surface area contributed by atoms with Crippen LogP contribution in [-0.4, -0.2) is 23.2 Å². The number of rotatable bonds is 4. The van der Waals surface area contributed by atoms with E-state index in [4.69, 9.17) is 28.3 Å². The number of aliphatic hydroxyl groups excluding tert-OH is 1. The average Bonchev–Trinajstić information content (AvgIpc) is 2.20. The molecule has 17 heavy (non-hydrogen) atoms. The highest BCUT2D eigenvalue weighted by atomic mass is 35.5. The highest BCUT2D eigenvalue weighted by Crippen LogP contribution is 2.21. The van der Waals surface area contributed by atoms with Crippen molar-refractivity contribution in [3.8, 4) is 0 Å². The van der Waals surface area contributed by atoms with E-state index in [1.54, 1.807) is 12.1 Å². The zero-order valence-electron chi connectivity index (χ0n) is 9.76. The summed E-state index contributed by atoms with van der Waals surface area (Å²) in [5.41, 5.74) is -0.150. The Morgan fingerprint density at radius 1 is 1.41 bits per heavy atom. The van der Waals surface area contributed by atoms with Gasteiger partial charge in [0, 0.05) is 17.2 Å². The summed E-state index contributed by atoms with van der Waals surface area (Å²) >= 11 is 11.7. The lowest BCUT2D eigenvalue weighted by Crippen LogP contribution is -2.44. The Labute approximate surface area is 111 Å². The summed E-state index contributed by atoms with van der Waals surface area (Å²) in [6.45, 7) is 3.68. The highest BCUT2D eigenvalue weighted by molar-refractivity contribution is 6.35. The fraction of sp³-hybridized carbons (Fsp3) is 0.417. The molecule has 1 aromatic carbocycles. The first-order valence-electron chi connectivity index (χ1n) is 5.24. The molecule has 5 heteroatoms. The predicted molar refractivity (Wildman–Crippen MR) is 69.7 cm³/mol. The van der Waals surface area contributed by atoms with Gasteiger partial charge in [-0.2, -0.15) is 0 Å². The Bertz CT molecular complexity index is 419. The van der Waals surface area contributed by atoms with E-state index in [0.717, 1.165) is 0 Å². The zero-order chi connectivity index (χ0) is 13.1. The van der Waals surface area contributed by atoms with E-state index in [1.807, 2.05) is 13.8 Å². The van der Waals surface area contributed by atoms with Gasteiger partial charge in [0.2, 0.25) is 0 Å². The van der Waals surface area contributed by atoms with Gasteiger partial charge in [0.15, 0.2) is 0 Å². The largest absolute Gasteiger partial charge is 0.396 e. The van der Waals surface area contributed by atoms with Gasteiger partial charge in [-0.25, -0.2) is 0 Å². The van der Waals surface area contributed by atoms with Crippen molar-refractivity contribution in [3.05, 3.63) is 33.8 Å². The summed E-state index contributed by atoms with van der Waals surface area (Å²) in [6.07, 6.45) is 0.469. The van der Waals surface area contributed by atoms with E-state index in [9.17, 15) is 4.79 Å². The van der Waals surface area contributed by atoms with Crippen LogP contribution >= 0.6 is 23.2 Å². The van der Waals surface area contributed by atoms with Crippen molar-refractivity contribution >= 4 is 29.1 Å². The summed E-state index contributed by atoms with van der Waals surface area (Å²) in [5, 5.41) is 12.5. The SMILES string of the molecule is CC(C)(CCO)NC(=O)c1cc(Cl)ccc1Cl. The molecular weight excluding hydrogens is 261 g/mol. The Morgan fingerprint density at radius 3 is 2.65 bits per heavy atom. The van der Waals surface area contributed by atoms with Crippen LogP contribution in [0.25, 0.3) is 0 Å². The molecule has 0 bridgehead atoms. The average molecular weight is 276 g/mol. The Kier molecular flexibility index (Phi) is 4.80. The van der Waals surface area contributed by atoms with Gasteiger partial charge in [-0.3, -0.25) is 4.79 Å². The maximum Gasteiger partial charge on any atom is 0.253 e. The van der Waals surface area contributed by atoms with Crippen LogP contribution in [0.15, 0.2) is 18.2 Å². The molecule has 1 amide bonds. The summed E-state index contributed by atoms with van der Waals surface area (Å²) in [5.74, 6) is -0.295. The molecule has 0 unspecified atom stereocenters. The van der Waals surface area contributed by atoms with Gasteiger partial charge >= 0.3 is 0 Å². The number of aliphatic hydroxyl groups is 1. The van der Waals surface area contributed by atoms with Gasteiger partial charge in [-0.15, -0.1) is 0 Å². The van der Waals surface area contributed by atoms with Crippen LogP contribution < -0.4 is 5.32 Å².